The summed E-state index contributed by atoms with van der Waals surface area (Å²) in [6, 6.07) is 28.9. The minimum absolute atomic E-state index is 0.783. The van der Waals surface area contributed by atoms with Crippen LogP contribution in [0, 0.1) is 13.8 Å². The van der Waals surface area contributed by atoms with E-state index in [0.717, 1.165) is 66.8 Å². The van der Waals surface area contributed by atoms with E-state index in [-0.39, 0.29) is 0 Å². The highest BCUT2D eigenvalue weighted by atomic mass is 16.4. The molecule has 0 bridgehead atoms. The van der Waals surface area contributed by atoms with Gasteiger partial charge in [0.25, 0.3) is 0 Å². The van der Waals surface area contributed by atoms with Gasteiger partial charge in [-0.25, -0.2) is 4.98 Å². The summed E-state index contributed by atoms with van der Waals surface area (Å²) in [7, 11) is 0. The second kappa shape index (κ2) is 6.59. The summed E-state index contributed by atoms with van der Waals surface area (Å²) in [4.78, 5) is 5.10. The van der Waals surface area contributed by atoms with Crippen LogP contribution in [-0.4, -0.2) is 9.55 Å². The van der Waals surface area contributed by atoms with E-state index in [4.69, 9.17) is 13.8 Å². The van der Waals surface area contributed by atoms with E-state index < -0.39 is 0 Å². The predicted molar refractivity (Wildman–Crippen MR) is 133 cm³/mol. The predicted octanol–water partition coefficient (Wildman–Crippen LogP) is 7.95. The first-order valence-corrected chi connectivity index (χ1v) is 11.1. The Morgan fingerprint density at radius 3 is 2.30 bits per heavy atom. The van der Waals surface area contributed by atoms with Crippen molar-refractivity contribution < 1.29 is 8.83 Å². The maximum Gasteiger partial charge on any atom is 0.181 e. The third-order valence-corrected chi connectivity index (χ3v) is 6.51. The first kappa shape index (κ1) is 18.3. The van der Waals surface area contributed by atoms with Gasteiger partial charge in [-0.3, -0.25) is 4.57 Å². The van der Waals surface area contributed by atoms with E-state index in [2.05, 4.69) is 73.0 Å². The van der Waals surface area contributed by atoms with Crippen LogP contribution < -0.4 is 0 Å². The molecule has 0 aliphatic carbocycles. The Kier molecular flexibility index (Phi) is 3.65. The quantitative estimate of drug-likeness (QED) is 0.281. The molecule has 3 aromatic heterocycles. The molecule has 7 aromatic rings. The zero-order valence-electron chi connectivity index (χ0n) is 18.3. The highest BCUT2D eigenvalue weighted by molar-refractivity contribution is 6.15. The number of para-hydroxylation sites is 4. The molecule has 4 heteroatoms. The number of furan rings is 2. The summed E-state index contributed by atoms with van der Waals surface area (Å²) in [5, 5.41) is 1.95. The van der Waals surface area contributed by atoms with Gasteiger partial charge in [-0.05, 0) is 61.4 Å². The molecule has 0 aliphatic heterocycles. The van der Waals surface area contributed by atoms with Crippen molar-refractivity contribution >= 4 is 44.1 Å². The fourth-order valence-corrected chi connectivity index (χ4v) is 4.90. The molecule has 0 fully saturated rings. The zero-order chi connectivity index (χ0) is 22.1. The second-order valence-corrected chi connectivity index (χ2v) is 8.54. The summed E-state index contributed by atoms with van der Waals surface area (Å²) in [6.45, 7) is 4.24. The first-order chi connectivity index (χ1) is 16.2. The Morgan fingerprint density at radius 2 is 1.39 bits per heavy atom. The average molecular weight is 428 g/mol. The molecule has 0 saturated heterocycles. The van der Waals surface area contributed by atoms with Crippen LogP contribution in [0.2, 0.25) is 0 Å². The number of imidazole rings is 1. The van der Waals surface area contributed by atoms with Crippen molar-refractivity contribution in [3.8, 4) is 17.1 Å². The van der Waals surface area contributed by atoms with Crippen LogP contribution in [0.25, 0.3) is 61.2 Å². The van der Waals surface area contributed by atoms with Gasteiger partial charge >= 0.3 is 0 Å². The molecule has 0 aliphatic rings. The van der Waals surface area contributed by atoms with Crippen LogP contribution in [0.4, 0.5) is 0 Å². The Hall–Kier alpha value is -4.31. The largest absolute Gasteiger partial charge is 0.452 e. The molecule has 7 rings (SSSR count). The molecule has 0 radical (unpaired) electrons. The summed E-state index contributed by atoms with van der Waals surface area (Å²) >= 11 is 0. The van der Waals surface area contributed by atoms with Crippen LogP contribution in [0.3, 0.4) is 0 Å². The highest BCUT2D eigenvalue weighted by Crippen LogP contribution is 2.42. The third-order valence-electron chi connectivity index (χ3n) is 6.51. The molecule has 4 aromatic carbocycles. The molecule has 0 N–H and O–H groups in total. The van der Waals surface area contributed by atoms with Gasteiger partial charge in [0.05, 0.1) is 33.1 Å². The molecule has 0 spiro atoms. The van der Waals surface area contributed by atoms with Crippen LogP contribution >= 0.6 is 0 Å². The Bertz CT molecular complexity index is 1850. The standard InChI is InChI=1S/C29H20N2O2/c1-17-9-3-6-12-22(17)31-23-13-7-5-11-21(23)30-29(31)25-18(2)15-16-20-26(25)33-27-19-10-4-8-14-24(19)32-28(20)27/h3-16H,1-2H3. The monoisotopic (exact) mass is 428 g/mol. The van der Waals surface area contributed by atoms with Crippen molar-refractivity contribution in [2.75, 3.05) is 0 Å². The van der Waals surface area contributed by atoms with Gasteiger partial charge in [0.1, 0.15) is 17.0 Å². The summed E-state index contributed by atoms with van der Waals surface area (Å²) in [5.74, 6) is 0.870. The van der Waals surface area contributed by atoms with Crippen LogP contribution in [0.15, 0.2) is 93.8 Å². The lowest BCUT2D eigenvalue weighted by Gasteiger charge is -2.14. The van der Waals surface area contributed by atoms with Crippen LogP contribution in [-0.2, 0) is 0 Å². The van der Waals surface area contributed by atoms with E-state index in [9.17, 15) is 0 Å². The first-order valence-electron chi connectivity index (χ1n) is 11.1. The van der Waals surface area contributed by atoms with Crippen LogP contribution in [0.5, 0.6) is 0 Å². The average Bonchev–Trinajstić information content (AvgIpc) is 3.49. The second-order valence-electron chi connectivity index (χ2n) is 8.54. The van der Waals surface area contributed by atoms with Crippen LogP contribution in [0.1, 0.15) is 11.1 Å². The lowest BCUT2D eigenvalue weighted by atomic mass is 10.0. The molecular formula is C29H20N2O2. The van der Waals surface area contributed by atoms with Crippen molar-refractivity contribution in [2.24, 2.45) is 0 Å². The maximum atomic E-state index is 6.54. The van der Waals surface area contributed by atoms with Gasteiger partial charge in [-0.15, -0.1) is 0 Å². The molecule has 0 unspecified atom stereocenters. The van der Waals surface area contributed by atoms with E-state index in [1.54, 1.807) is 0 Å². The van der Waals surface area contributed by atoms with E-state index >= 15 is 0 Å². The Labute approximate surface area is 189 Å². The van der Waals surface area contributed by atoms with Gasteiger partial charge in [-0.2, -0.15) is 0 Å². The van der Waals surface area contributed by atoms with Crippen molar-refractivity contribution in [3.63, 3.8) is 0 Å². The molecular weight excluding hydrogens is 408 g/mol. The maximum absolute atomic E-state index is 6.54. The van der Waals surface area contributed by atoms with Gasteiger partial charge in [-0.1, -0.05) is 48.5 Å². The molecule has 0 amide bonds. The Balaban J connectivity index is 1.63. The molecule has 0 saturated carbocycles. The number of hydrogen-bond acceptors (Lipinski definition) is 3. The summed E-state index contributed by atoms with van der Waals surface area (Å²) in [5.41, 5.74) is 9.62. The third kappa shape index (κ3) is 2.49. The number of nitrogens with zero attached hydrogens (tertiary/aromatic N) is 2. The highest BCUT2D eigenvalue weighted by Gasteiger charge is 2.24. The van der Waals surface area contributed by atoms with Gasteiger partial charge < -0.3 is 8.83 Å². The smallest absolute Gasteiger partial charge is 0.181 e. The number of aryl methyl sites for hydroxylation is 2. The molecule has 158 valence electrons. The minimum atomic E-state index is 0.783. The van der Waals surface area contributed by atoms with E-state index in [1.165, 1.54) is 5.56 Å². The van der Waals surface area contributed by atoms with Gasteiger partial charge in [0, 0.05) is 0 Å². The van der Waals surface area contributed by atoms with Gasteiger partial charge in [0.15, 0.2) is 11.2 Å². The minimum Gasteiger partial charge on any atom is -0.452 e. The molecule has 33 heavy (non-hydrogen) atoms. The lowest BCUT2D eigenvalue weighted by molar-refractivity contribution is 0.653. The SMILES string of the molecule is Cc1ccccc1-n1c(-c2c(C)ccc3c2oc2c4ccccc4oc32)nc2ccccc21. The molecule has 0 atom stereocenters. The fourth-order valence-electron chi connectivity index (χ4n) is 4.90. The molecule has 3 heterocycles. The van der Waals surface area contributed by atoms with Crippen molar-refractivity contribution in [2.45, 2.75) is 13.8 Å². The van der Waals surface area contributed by atoms with E-state index in [1.807, 2.05) is 30.3 Å². The number of fused-ring (bicyclic) bond motifs is 6. The van der Waals surface area contributed by atoms with E-state index in [0.29, 0.717) is 0 Å². The lowest BCUT2D eigenvalue weighted by Crippen LogP contribution is -2.01. The number of hydrogen-bond donors (Lipinski definition) is 0. The number of benzene rings is 4. The number of aromatic nitrogens is 2. The topological polar surface area (TPSA) is 44.1 Å². The zero-order valence-corrected chi connectivity index (χ0v) is 18.3. The van der Waals surface area contributed by atoms with Crippen molar-refractivity contribution in [3.05, 3.63) is 96.1 Å². The summed E-state index contributed by atoms with van der Waals surface area (Å²) in [6.07, 6.45) is 0. The number of rotatable bonds is 2. The fraction of sp³-hybridized carbons (Fsp3) is 0.0690. The van der Waals surface area contributed by atoms with Crippen molar-refractivity contribution in [1.29, 1.82) is 0 Å². The normalized spacial score (nSPS) is 11.9. The summed E-state index contributed by atoms with van der Waals surface area (Å²) < 4.78 is 15.0. The Morgan fingerprint density at radius 1 is 0.636 bits per heavy atom. The van der Waals surface area contributed by atoms with Crippen molar-refractivity contribution in [1.82, 2.24) is 9.55 Å². The van der Waals surface area contributed by atoms with Gasteiger partial charge in [0.2, 0.25) is 0 Å². The molecule has 4 nitrogen and oxygen atoms in total.